The Labute approximate surface area is 118 Å². The van der Waals surface area contributed by atoms with E-state index >= 15 is 0 Å². The minimum absolute atomic E-state index is 0.0492. The van der Waals surface area contributed by atoms with E-state index in [2.05, 4.69) is 0 Å². The van der Waals surface area contributed by atoms with Gasteiger partial charge in [0.2, 0.25) is 0 Å². The highest BCUT2D eigenvalue weighted by Crippen LogP contribution is 2.35. The number of aromatic hydroxyl groups is 2. The van der Waals surface area contributed by atoms with Crippen molar-refractivity contribution in [2.24, 2.45) is 0 Å². The van der Waals surface area contributed by atoms with Crippen LogP contribution in [-0.2, 0) is 6.42 Å². The molecule has 1 aliphatic rings. The van der Waals surface area contributed by atoms with Crippen molar-refractivity contribution < 1.29 is 19.7 Å². The summed E-state index contributed by atoms with van der Waals surface area (Å²) < 4.78 is 10.2. The maximum atomic E-state index is 9.40. The standard InChI is InChI=1S/C9H10O3.C7H8O/c10-6-4-8(11)7-2-1-3-12-9(7)5-6;1-8-7-5-3-2-4-6-7/h4-5,10-11H,1-3H2;2-6H,1H3. The van der Waals surface area contributed by atoms with Crippen LogP contribution in [0.2, 0.25) is 0 Å². The third-order valence-electron chi connectivity index (χ3n) is 2.98. The van der Waals surface area contributed by atoms with E-state index in [4.69, 9.17) is 14.6 Å². The molecule has 0 saturated heterocycles. The molecular formula is C16H18O4. The van der Waals surface area contributed by atoms with Crippen molar-refractivity contribution in [3.63, 3.8) is 0 Å². The molecule has 4 nitrogen and oxygen atoms in total. The van der Waals surface area contributed by atoms with Gasteiger partial charge in [0, 0.05) is 17.7 Å². The fourth-order valence-corrected chi connectivity index (χ4v) is 1.98. The maximum Gasteiger partial charge on any atom is 0.129 e. The molecule has 106 valence electrons. The summed E-state index contributed by atoms with van der Waals surface area (Å²) >= 11 is 0. The molecule has 0 amide bonds. The zero-order valence-corrected chi connectivity index (χ0v) is 11.4. The average molecular weight is 274 g/mol. The highest BCUT2D eigenvalue weighted by atomic mass is 16.5. The molecule has 0 unspecified atom stereocenters. The van der Waals surface area contributed by atoms with Crippen molar-refractivity contribution in [3.05, 3.63) is 48.0 Å². The molecule has 4 heteroatoms. The molecule has 1 aliphatic heterocycles. The highest BCUT2D eigenvalue weighted by molar-refractivity contribution is 5.50. The molecule has 0 radical (unpaired) electrons. The Morgan fingerprint density at radius 1 is 1.10 bits per heavy atom. The van der Waals surface area contributed by atoms with Gasteiger partial charge in [-0.15, -0.1) is 0 Å². The number of benzene rings is 2. The van der Waals surface area contributed by atoms with Crippen LogP contribution < -0.4 is 9.47 Å². The van der Waals surface area contributed by atoms with Crippen molar-refractivity contribution in [1.82, 2.24) is 0 Å². The molecule has 2 N–H and O–H groups in total. The van der Waals surface area contributed by atoms with Gasteiger partial charge in [-0.25, -0.2) is 0 Å². The highest BCUT2D eigenvalue weighted by Gasteiger charge is 2.15. The fraction of sp³-hybridized carbons (Fsp3) is 0.250. The van der Waals surface area contributed by atoms with Gasteiger partial charge in [0.05, 0.1) is 13.7 Å². The van der Waals surface area contributed by atoms with E-state index < -0.39 is 0 Å². The summed E-state index contributed by atoms with van der Waals surface area (Å²) in [5, 5.41) is 18.5. The molecule has 0 atom stereocenters. The second-order valence-electron chi connectivity index (χ2n) is 4.41. The minimum atomic E-state index is 0.0492. The first-order chi connectivity index (χ1) is 9.70. The molecule has 0 saturated carbocycles. The predicted octanol–water partition coefficient (Wildman–Crippen LogP) is 3.12. The topological polar surface area (TPSA) is 58.9 Å². The quantitative estimate of drug-likeness (QED) is 0.839. The van der Waals surface area contributed by atoms with E-state index in [0.29, 0.717) is 12.4 Å². The second-order valence-corrected chi connectivity index (χ2v) is 4.41. The van der Waals surface area contributed by atoms with Gasteiger partial charge in [-0.3, -0.25) is 0 Å². The van der Waals surface area contributed by atoms with Crippen LogP contribution in [0, 0.1) is 0 Å². The summed E-state index contributed by atoms with van der Waals surface area (Å²) in [4.78, 5) is 0. The zero-order valence-electron chi connectivity index (χ0n) is 11.4. The van der Waals surface area contributed by atoms with Gasteiger partial charge in [0.1, 0.15) is 23.0 Å². The Kier molecular flexibility index (Phi) is 4.71. The largest absolute Gasteiger partial charge is 0.508 e. The van der Waals surface area contributed by atoms with Crippen LogP contribution in [0.15, 0.2) is 42.5 Å². The summed E-state index contributed by atoms with van der Waals surface area (Å²) in [7, 11) is 1.66. The van der Waals surface area contributed by atoms with Gasteiger partial charge in [0.15, 0.2) is 0 Å². The molecule has 3 rings (SSSR count). The number of rotatable bonds is 1. The van der Waals surface area contributed by atoms with Crippen LogP contribution in [0.25, 0.3) is 0 Å². The maximum absolute atomic E-state index is 9.40. The lowest BCUT2D eigenvalue weighted by Crippen LogP contribution is -2.07. The van der Waals surface area contributed by atoms with E-state index in [9.17, 15) is 5.11 Å². The first kappa shape index (κ1) is 14.1. The van der Waals surface area contributed by atoms with Crippen LogP contribution in [0.5, 0.6) is 23.0 Å². The van der Waals surface area contributed by atoms with Crippen LogP contribution in [-0.4, -0.2) is 23.9 Å². The van der Waals surface area contributed by atoms with Gasteiger partial charge >= 0.3 is 0 Å². The minimum Gasteiger partial charge on any atom is -0.508 e. The number of ether oxygens (including phenoxy) is 2. The van der Waals surface area contributed by atoms with Gasteiger partial charge < -0.3 is 19.7 Å². The van der Waals surface area contributed by atoms with Crippen LogP contribution >= 0.6 is 0 Å². The zero-order chi connectivity index (χ0) is 14.4. The number of methoxy groups -OCH3 is 1. The van der Waals surface area contributed by atoms with Crippen LogP contribution in [0.1, 0.15) is 12.0 Å². The number of phenolic OH excluding ortho intramolecular Hbond substituents is 2. The Morgan fingerprint density at radius 3 is 2.50 bits per heavy atom. The number of phenols is 2. The molecule has 2 aromatic rings. The monoisotopic (exact) mass is 274 g/mol. The van der Waals surface area contributed by atoms with Gasteiger partial charge in [-0.1, -0.05) is 18.2 Å². The number of para-hydroxylation sites is 1. The van der Waals surface area contributed by atoms with E-state index in [1.54, 1.807) is 7.11 Å². The summed E-state index contributed by atoms with van der Waals surface area (Å²) in [6, 6.07) is 12.6. The van der Waals surface area contributed by atoms with Crippen molar-refractivity contribution in [2.45, 2.75) is 12.8 Å². The van der Waals surface area contributed by atoms with E-state index in [1.165, 1.54) is 12.1 Å². The summed E-state index contributed by atoms with van der Waals surface area (Å²) in [6.45, 7) is 0.663. The van der Waals surface area contributed by atoms with Crippen molar-refractivity contribution in [1.29, 1.82) is 0 Å². The predicted molar refractivity (Wildman–Crippen MR) is 76.6 cm³/mol. The average Bonchev–Trinajstić information content (AvgIpc) is 2.48. The number of fused-ring (bicyclic) bond motifs is 1. The number of hydrogen-bond acceptors (Lipinski definition) is 4. The van der Waals surface area contributed by atoms with Crippen molar-refractivity contribution >= 4 is 0 Å². The molecule has 0 fully saturated rings. The third-order valence-corrected chi connectivity index (χ3v) is 2.98. The van der Waals surface area contributed by atoms with Crippen molar-refractivity contribution in [3.8, 4) is 23.0 Å². The Bertz CT molecular complexity index is 552. The Hall–Kier alpha value is -2.36. The molecule has 20 heavy (non-hydrogen) atoms. The van der Waals surface area contributed by atoms with Crippen LogP contribution in [0.3, 0.4) is 0 Å². The molecule has 0 aliphatic carbocycles. The summed E-state index contributed by atoms with van der Waals surface area (Å²) in [6.07, 6.45) is 1.74. The summed E-state index contributed by atoms with van der Waals surface area (Å²) in [5.74, 6) is 1.70. The molecular weight excluding hydrogens is 256 g/mol. The fourth-order valence-electron chi connectivity index (χ4n) is 1.98. The van der Waals surface area contributed by atoms with Crippen molar-refractivity contribution in [2.75, 3.05) is 13.7 Å². The molecule has 1 heterocycles. The van der Waals surface area contributed by atoms with Crippen LogP contribution in [0.4, 0.5) is 0 Å². The smallest absolute Gasteiger partial charge is 0.129 e. The second kappa shape index (κ2) is 6.70. The van der Waals surface area contributed by atoms with Gasteiger partial charge in [-0.05, 0) is 25.0 Å². The lowest BCUT2D eigenvalue weighted by Gasteiger charge is -2.17. The SMILES string of the molecule is COc1ccccc1.Oc1cc(O)c2c(c1)OCCC2. The molecule has 0 bridgehead atoms. The van der Waals surface area contributed by atoms with E-state index in [-0.39, 0.29) is 11.5 Å². The Morgan fingerprint density at radius 2 is 1.85 bits per heavy atom. The summed E-state index contributed by atoms with van der Waals surface area (Å²) in [5.41, 5.74) is 0.805. The molecule has 2 aromatic carbocycles. The number of hydrogen-bond donors (Lipinski definition) is 2. The normalized spacial score (nSPS) is 12.4. The van der Waals surface area contributed by atoms with Gasteiger partial charge in [-0.2, -0.15) is 0 Å². The Balaban J connectivity index is 0.000000160. The lowest BCUT2D eigenvalue weighted by molar-refractivity contribution is 0.281. The third kappa shape index (κ3) is 3.57. The molecule has 0 aromatic heterocycles. The van der Waals surface area contributed by atoms with E-state index in [0.717, 1.165) is 24.2 Å². The first-order valence-corrected chi connectivity index (χ1v) is 6.47. The lowest BCUT2D eigenvalue weighted by atomic mass is 10.1. The van der Waals surface area contributed by atoms with Gasteiger partial charge in [0.25, 0.3) is 0 Å². The van der Waals surface area contributed by atoms with E-state index in [1.807, 2.05) is 30.3 Å². The molecule has 0 spiro atoms. The first-order valence-electron chi connectivity index (χ1n) is 6.47.